The number of rotatable bonds is 4. The highest BCUT2D eigenvalue weighted by atomic mass is 32.2. The molecule has 7 heteroatoms. The number of pyridine rings is 1. The van der Waals surface area contributed by atoms with Crippen LogP contribution < -0.4 is 4.72 Å². The minimum Gasteiger partial charge on any atom is -0.389 e. The fourth-order valence-electron chi connectivity index (χ4n) is 2.47. The summed E-state index contributed by atoms with van der Waals surface area (Å²) in [5.74, 6) is 0. The first-order valence-electron chi connectivity index (χ1n) is 6.68. The largest absolute Gasteiger partial charge is 0.389 e. The second-order valence-electron chi connectivity index (χ2n) is 4.97. The van der Waals surface area contributed by atoms with Gasteiger partial charge in [-0.1, -0.05) is 12.8 Å². The van der Waals surface area contributed by atoms with Gasteiger partial charge in [0.25, 0.3) is 0 Å². The van der Waals surface area contributed by atoms with Gasteiger partial charge in [-0.05, 0) is 25.0 Å². The Kier molecular flexibility index (Phi) is 5.09. The van der Waals surface area contributed by atoms with E-state index in [4.69, 9.17) is 4.74 Å². The minimum absolute atomic E-state index is 0.102. The number of aliphatic hydroxyl groups excluding tert-OH is 1. The number of methoxy groups -OCH3 is 1. The van der Waals surface area contributed by atoms with Crippen molar-refractivity contribution in [2.24, 2.45) is 0 Å². The smallest absolute Gasteiger partial charge is 0.242 e. The van der Waals surface area contributed by atoms with Gasteiger partial charge < -0.3 is 9.84 Å². The van der Waals surface area contributed by atoms with E-state index < -0.39 is 22.2 Å². The molecule has 0 unspecified atom stereocenters. The summed E-state index contributed by atoms with van der Waals surface area (Å²) in [6, 6.07) is 2.51. The van der Waals surface area contributed by atoms with Crippen LogP contribution in [-0.4, -0.2) is 43.9 Å². The number of sulfonamides is 1. The van der Waals surface area contributed by atoms with Crippen molar-refractivity contribution in [3.8, 4) is 0 Å². The van der Waals surface area contributed by atoms with Crippen LogP contribution in [0.15, 0.2) is 29.4 Å². The van der Waals surface area contributed by atoms with Gasteiger partial charge in [-0.15, -0.1) is 0 Å². The van der Waals surface area contributed by atoms with Gasteiger partial charge in [0.1, 0.15) is 4.90 Å². The number of aliphatic hydroxyl groups is 1. The van der Waals surface area contributed by atoms with Gasteiger partial charge in [0.2, 0.25) is 10.0 Å². The Morgan fingerprint density at radius 1 is 1.40 bits per heavy atom. The van der Waals surface area contributed by atoms with Crippen molar-refractivity contribution in [3.05, 3.63) is 24.5 Å². The molecule has 20 heavy (non-hydrogen) atoms. The molecular weight excluding hydrogens is 280 g/mol. The molecule has 1 fully saturated rings. The highest BCUT2D eigenvalue weighted by Gasteiger charge is 2.33. The highest BCUT2D eigenvalue weighted by molar-refractivity contribution is 7.89. The van der Waals surface area contributed by atoms with Gasteiger partial charge in [-0.3, -0.25) is 4.98 Å². The molecule has 1 aliphatic carbocycles. The van der Waals surface area contributed by atoms with Gasteiger partial charge in [0, 0.05) is 19.5 Å². The van der Waals surface area contributed by atoms with Crippen molar-refractivity contribution in [1.82, 2.24) is 9.71 Å². The number of aromatic nitrogens is 1. The van der Waals surface area contributed by atoms with Crippen molar-refractivity contribution in [2.75, 3.05) is 7.11 Å². The van der Waals surface area contributed by atoms with Crippen LogP contribution in [0.5, 0.6) is 0 Å². The maximum atomic E-state index is 12.3. The summed E-state index contributed by atoms with van der Waals surface area (Å²) in [6.45, 7) is 0. The van der Waals surface area contributed by atoms with Crippen molar-refractivity contribution in [3.63, 3.8) is 0 Å². The lowest BCUT2D eigenvalue weighted by molar-refractivity contribution is -0.0252. The number of nitrogens with one attached hydrogen (secondary N) is 1. The quantitative estimate of drug-likeness (QED) is 0.798. The molecule has 0 spiro atoms. The fraction of sp³-hybridized carbons (Fsp3) is 0.615. The normalized spacial score (nSPS) is 28.0. The standard InChI is InChI=1S/C13H20N2O4S/c1-19-12-7-3-2-6-11(13(12)16)15-20(17,18)10-5-4-8-14-9-10/h4-5,8-9,11-13,15-16H,2-3,6-7H2,1H3/t11-,12-,13-/m1/s1. The first kappa shape index (κ1) is 15.4. The molecule has 0 aliphatic heterocycles. The molecule has 0 amide bonds. The fourth-order valence-corrected chi connectivity index (χ4v) is 3.72. The molecule has 0 saturated heterocycles. The summed E-state index contributed by atoms with van der Waals surface area (Å²) in [6.07, 6.45) is 4.74. The van der Waals surface area contributed by atoms with Crippen LogP contribution in [-0.2, 0) is 14.8 Å². The molecule has 2 N–H and O–H groups in total. The van der Waals surface area contributed by atoms with E-state index in [1.54, 1.807) is 6.07 Å². The van der Waals surface area contributed by atoms with Crippen LogP contribution in [0.4, 0.5) is 0 Å². The maximum Gasteiger partial charge on any atom is 0.242 e. The number of hydrogen-bond acceptors (Lipinski definition) is 5. The third-order valence-corrected chi connectivity index (χ3v) is 5.08. The second kappa shape index (κ2) is 6.62. The summed E-state index contributed by atoms with van der Waals surface area (Å²) in [5, 5.41) is 10.3. The van der Waals surface area contributed by atoms with Gasteiger partial charge in [-0.25, -0.2) is 13.1 Å². The van der Waals surface area contributed by atoms with E-state index in [0.717, 1.165) is 19.3 Å². The number of nitrogens with zero attached hydrogens (tertiary/aromatic N) is 1. The Hall–Kier alpha value is -1.02. The Bertz CT molecular complexity index is 520. The van der Waals surface area contributed by atoms with E-state index in [1.165, 1.54) is 25.6 Å². The summed E-state index contributed by atoms with van der Waals surface area (Å²) < 4.78 is 32.3. The number of hydrogen-bond donors (Lipinski definition) is 2. The average molecular weight is 300 g/mol. The lowest BCUT2D eigenvalue weighted by atomic mass is 10.1. The average Bonchev–Trinajstić information content (AvgIpc) is 2.62. The van der Waals surface area contributed by atoms with Gasteiger partial charge in [0.05, 0.1) is 18.2 Å². The zero-order chi connectivity index (χ0) is 14.6. The SMILES string of the molecule is CO[C@@H]1CCCC[C@@H](NS(=O)(=O)c2cccnc2)[C@H]1O. The molecule has 1 aromatic rings. The molecule has 0 radical (unpaired) electrons. The molecule has 112 valence electrons. The van der Waals surface area contributed by atoms with Crippen LogP contribution in [0.2, 0.25) is 0 Å². The first-order chi connectivity index (χ1) is 9.54. The lowest BCUT2D eigenvalue weighted by Crippen LogP contribution is -2.47. The minimum atomic E-state index is -3.67. The summed E-state index contributed by atoms with van der Waals surface area (Å²) in [5.41, 5.74) is 0. The van der Waals surface area contributed by atoms with Gasteiger partial charge in [-0.2, -0.15) is 0 Å². The first-order valence-corrected chi connectivity index (χ1v) is 8.16. The predicted molar refractivity (Wildman–Crippen MR) is 73.6 cm³/mol. The molecule has 0 aromatic carbocycles. The third-order valence-electron chi connectivity index (χ3n) is 3.60. The van der Waals surface area contributed by atoms with E-state index in [0.29, 0.717) is 6.42 Å². The molecule has 1 aliphatic rings. The monoisotopic (exact) mass is 300 g/mol. The van der Waals surface area contributed by atoms with Crippen molar-refractivity contribution < 1.29 is 18.3 Å². The van der Waals surface area contributed by atoms with Crippen LogP contribution in [0.3, 0.4) is 0 Å². The number of ether oxygens (including phenoxy) is 1. The van der Waals surface area contributed by atoms with Crippen LogP contribution in [0.1, 0.15) is 25.7 Å². The Morgan fingerprint density at radius 3 is 2.80 bits per heavy atom. The van der Waals surface area contributed by atoms with Crippen LogP contribution >= 0.6 is 0 Å². The van der Waals surface area contributed by atoms with E-state index in [9.17, 15) is 13.5 Å². The third kappa shape index (κ3) is 3.54. The Balaban J connectivity index is 2.15. The molecule has 2 rings (SSSR count). The van der Waals surface area contributed by atoms with Crippen LogP contribution in [0, 0.1) is 0 Å². The van der Waals surface area contributed by atoms with E-state index in [1.807, 2.05) is 0 Å². The molecular formula is C13H20N2O4S. The Morgan fingerprint density at radius 2 is 2.15 bits per heavy atom. The molecule has 1 saturated carbocycles. The maximum absolute atomic E-state index is 12.3. The summed E-state index contributed by atoms with van der Waals surface area (Å²) in [7, 11) is -2.14. The second-order valence-corrected chi connectivity index (χ2v) is 6.68. The molecule has 1 aromatic heterocycles. The zero-order valence-corrected chi connectivity index (χ0v) is 12.2. The van der Waals surface area contributed by atoms with Crippen molar-refractivity contribution >= 4 is 10.0 Å². The highest BCUT2D eigenvalue weighted by Crippen LogP contribution is 2.22. The molecule has 0 bridgehead atoms. The van der Waals surface area contributed by atoms with E-state index in [2.05, 4.69) is 9.71 Å². The predicted octanol–water partition coefficient (Wildman–Crippen LogP) is 0.678. The molecule has 3 atom stereocenters. The Labute approximate surface area is 119 Å². The van der Waals surface area contributed by atoms with E-state index in [-0.39, 0.29) is 11.0 Å². The van der Waals surface area contributed by atoms with Gasteiger partial charge >= 0.3 is 0 Å². The summed E-state index contributed by atoms with van der Waals surface area (Å²) >= 11 is 0. The summed E-state index contributed by atoms with van der Waals surface area (Å²) in [4.78, 5) is 3.91. The van der Waals surface area contributed by atoms with E-state index >= 15 is 0 Å². The molecule has 1 heterocycles. The van der Waals surface area contributed by atoms with Gasteiger partial charge in [0.15, 0.2) is 0 Å². The zero-order valence-electron chi connectivity index (χ0n) is 11.4. The van der Waals surface area contributed by atoms with Crippen molar-refractivity contribution in [1.29, 1.82) is 0 Å². The molecule has 6 nitrogen and oxygen atoms in total. The lowest BCUT2D eigenvalue weighted by Gasteiger charge is -2.26. The topological polar surface area (TPSA) is 88.5 Å². The van der Waals surface area contributed by atoms with Crippen LogP contribution in [0.25, 0.3) is 0 Å². The van der Waals surface area contributed by atoms with Crippen molar-refractivity contribution in [2.45, 2.75) is 48.8 Å².